The molecular weight excluding hydrogens is 180 g/mol. The standard InChI is InChI=1S/C11H10O3/c1-6-3-4-9(12)10-8(6)5-7(2)11(13)14-10/h3-5,12H,1-2H3. The Hall–Kier alpha value is -1.77. The maximum atomic E-state index is 11.2. The molecule has 0 fully saturated rings. The van der Waals surface area contributed by atoms with Gasteiger partial charge in [0.15, 0.2) is 11.3 Å². The smallest absolute Gasteiger partial charge is 0.339 e. The third-order valence-electron chi connectivity index (χ3n) is 2.27. The van der Waals surface area contributed by atoms with Crippen molar-refractivity contribution in [3.05, 3.63) is 39.7 Å². The monoisotopic (exact) mass is 190 g/mol. The van der Waals surface area contributed by atoms with E-state index in [2.05, 4.69) is 0 Å². The summed E-state index contributed by atoms with van der Waals surface area (Å²) in [5.74, 6) is 0.00250. The Morgan fingerprint density at radius 2 is 1.93 bits per heavy atom. The van der Waals surface area contributed by atoms with Crippen LogP contribution < -0.4 is 5.63 Å². The molecule has 0 aliphatic carbocycles. The molecule has 0 spiro atoms. The van der Waals surface area contributed by atoms with E-state index in [1.807, 2.05) is 6.92 Å². The van der Waals surface area contributed by atoms with Gasteiger partial charge in [0.05, 0.1) is 0 Å². The first-order valence-electron chi connectivity index (χ1n) is 4.32. The van der Waals surface area contributed by atoms with Crippen molar-refractivity contribution in [3.8, 4) is 5.75 Å². The number of rotatable bonds is 0. The first-order valence-corrected chi connectivity index (χ1v) is 4.32. The van der Waals surface area contributed by atoms with E-state index in [1.165, 1.54) is 6.07 Å². The summed E-state index contributed by atoms with van der Waals surface area (Å²) < 4.78 is 5.00. The quantitative estimate of drug-likeness (QED) is 0.647. The van der Waals surface area contributed by atoms with Crippen molar-refractivity contribution in [2.24, 2.45) is 0 Å². The van der Waals surface area contributed by atoms with Crippen molar-refractivity contribution >= 4 is 11.0 Å². The van der Waals surface area contributed by atoms with Gasteiger partial charge in [0.2, 0.25) is 0 Å². The number of aryl methyl sites for hydroxylation is 2. The van der Waals surface area contributed by atoms with Crippen LogP contribution in [0.15, 0.2) is 27.4 Å². The van der Waals surface area contributed by atoms with Crippen molar-refractivity contribution in [2.45, 2.75) is 13.8 Å². The zero-order valence-electron chi connectivity index (χ0n) is 8.00. The maximum absolute atomic E-state index is 11.2. The van der Waals surface area contributed by atoms with Crippen LogP contribution in [0.3, 0.4) is 0 Å². The predicted octanol–water partition coefficient (Wildman–Crippen LogP) is 2.12. The molecule has 3 nitrogen and oxygen atoms in total. The second kappa shape index (κ2) is 2.87. The molecule has 0 atom stereocenters. The van der Waals surface area contributed by atoms with Crippen LogP contribution in [-0.2, 0) is 0 Å². The highest BCUT2D eigenvalue weighted by Crippen LogP contribution is 2.26. The fraction of sp³-hybridized carbons (Fsp3) is 0.182. The van der Waals surface area contributed by atoms with E-state index < -0.39 is 5.63 Å². The molecule has 0 saturated heterocycles. The molecule has 0 radical (unpaired) electrons. The Bertz CT molecular complexity index is 552. The Labute approximate surface area is 80.6 Å². The SMILES string of the molecule is Cc1cc2c(C)ccc(O)c2oc1=O. The molecule has 0 bridgehead atoms. The second-order valence-electron chi connectivity index (χ2n) is 3.36. The lowest BCUT2D eigenvalue weighted by Crippen LogP contribution is -2.02. The predicted molar refractivity (Wildman–Crippen MR) is 53.6 cm³/mol. The first kappa shape index (κ1) is 8.81. The number of aromatic hydroxyl groups is 1. The fourth-order valence-electron chi connectivity index (χ4n) is 1.42. The van der Waals surface area contributed by atoms with Crippen LogP contribution in [0, 0.1) is 13.8 Å². The Balaban J connectivity index is 3.01. The molecule has 2 rings (SSSR count). The third kappa shape index (κ3) is 1.18. The molecule has 0 saturated carbocycles. The van der Waals surface area contributed by atoms with Gasteiger partial charge in [-0.25, -0.2) is 4.79 Å². The second-order valence-corrected chi connectivity index (χ2v) is 3.36. The van der Waals surface area contributed by atoms with Crippen molar-refractivity contribution < 1.29 is 9.52 Å². The summed E-state index contributed by atoms with van der Waals surface area (Å²) in [6.07, 6.45) is 0. The van der Waals surface area contributed by atoms with Gasteiger partial charge in [0.1, 0.15) is 0 Å². The summed E-state index contributed by atoms with van der Waals surface area (Å²) in [5, 5.41) is 10.3. The number of phenolic OH excluding ortho intramolecular Hbond substituents is 1. The maximum Gasteiger partial charge on any atom is 0.339 e. The van der Waals surface area contributed by atoms with Crippen LogP contribution in [0.25, 0.3) is 11.0 Å². The largest absolute Gasteiger partial charge is 0.504 e. The molecule has 72 valence electrons. The van der Waals surface area contributed by atoms with E-state index in [0.717, 1.165) is 10.9 Å². The van der Waals surface area contributed by atoms with Crippen LogP contribution >= 0.6 is 0 Å². The van der Waals surface area contributed by atoms with Gasteiger partial charge in [0, 0.05) is 10.9 Å². The summed E-state index contributed by atoms with van der Waals surface area (Å²) in [6.45, 7) is 3.59. The van der Waals surface area contributed by atoms with Crippen molar-refractivity contribution in [1.82, 2.24) is 0 Å². The molecule has 2 aromatic rings. The van der Waals surface area contributed by atoms with Crippen molar-refractivity contribution in [1.29, 1.82) is 0 Å². The van der Waals surface area contributed by atoms with Crippen molar-refractivity contribution in [3.63, 3.8) is 0 Å². The van der Waals surface area contributed by atoms with E-state index in [4.69, 9.17) is 4.42 Å². The van der Waals surface area contributed by atoms with Crippen molar-refractivity contribution in [2.75, 3.05) is 0 Å². The molecule has 1 N–H and O–H groups in total. The van der Waals surface area contributed by atoms with E-state index in [0.29, 0.717) is 5.56 Å². The van der Waals surface area contributed by atoms with E-state index in [-0.39, 0.29) is 11.3 Å². The summed E-state index contributed by atoms with van der Waals surface area (Å²) >= 11 is 0. The van der Waals surface area contributed by atoms with Crippen LogP contribution in [0.2, 0.25) is 0 Å². The molecule has 0 aliphatic heterocycles. The highest BCUT2D eigenvalue weighted by atomic mass is 16.4. The number of hydrogen-bond acceptors (Lipinski definition) is 3. The van der Waals surface area contributed by atoms with Crippen LogP contribution in [0.1, 0.15) is 11.1 Å². The highest BCUT2D eigenvalue weighted by Gasteiger charge is 2.07. The molecule has 0 aliphatic rings. The summed E-state index contributed by atoms with van der Waals surface area (Å²) in [5.41, 5.74) is 1.38. The van der Waals surface area contributed by atoms with Gasteiger partial charge in [-0.1, -0.05) is 6.07 Å². The van der Waals surface area contributed by atoms with Gasteiger partial charge in [-0.3, -0.25) is 0 Å². The van der Waals surface area contributed by atoms with Crippen LogP contribution in [0.4, 0.5) is 0 Å². The van der Waals surface area contributed by atoms with Crippen LogP contribution in [0.5, 0.6) is 5.75 Å². The lowest BCUT2D eigenvalue weighted by atomic mass is 10.1. The van der Waals surface area contributed by atoms with Gasteiger partial charge >= 0.3 is 5.63 Å². The minimum Gasteiger partial charge on any atom is -0.504 e. The van der Waals surface area contributed by atoms with Gasteiger partial charge < -0.3 is 9.52 Å². The molecule has 0 amide bonds. The number of benzene rings is 1. The van der Waals surface area contributed by atoms with E-state index >= 15 is 0 Å². The highest BCUT2D eigenvalue weighted by molar-refractivity contribution is 5.85. The Kier molecular flexibility index (Phi) is 1.81. The minimum atomic E-state index is -0.404. The molecule has 1 aromatic heterocycles. The van der Waals surface area contributed by atoms with Gasteiger partial charge in [-0.05, 0) is 31.5 Å². The van der Waals surface area contributed by atoms with E-state index in [9.17, 15) is 9.90 Å². The Morgan fingerprint density at radius 3 is 2.64 bits per heavy atom. The topological polar surface area (TPSA) is 50.4 Å². The zero-order chi connectivity index (χ0) is 10.3. The summed E-state index contributed by atoms with van der Waals surface area (Å²) in [6, 6.07) is 5.04. The number of phenols is 1. The number of hydrogen-bond donors (Lipinski definition) is 1. The van der Waals surface area contributed by atoms with Gasteiger partial charge in [-0.2, -0.15) is 0 Å². The van der Waals surface area contributed by atoms with Gasteiger partial charge in [0.25, 0.3) is 0 Å². The molecule has 1 heterocycles. The van der Waals surface area contributed by atoms with Gasteiger partial charge in [-0.15, -0.1) is 0 Å². The zero-order valence-corrected chi connectivity index (χ0v) is 8.00. The normalized spacial score (nSPS) is 10.7. The summed E-state index contributed by atoms with van der Waals surface area (Å²) in [7, 11) is 0. The third-order valence-corrected chi connectivity index (χ3v) is 2.27. The molecule has 3 heteroatoms. The fourth-order valence-corrected chi connectivity index (χ4v) is 1.42. The lowest BCUT2D eigenvalue weighted by Gasteiger charge is -2.03. The van der Waals surface area contributed by atoms with E-state index in [1.54, 1.807) is 19.1 Å². The Morgan fingerprint density at radius 1 is 1.21 bits per heavy atom. The average Bonchev–Trinajstić information content (AvgIpc) is 2.15. The molecular formula is C11H10O3. The molecule has 0 unspecified atom stereocenters. The number of fused-ring (bicyclic) bond motifs is 1. The lowest BCUT2D eigenvalue weighted by molar-refractivity contribution is 0.456. The average molecular weight is 190 g/mol. The van der Waals surface area contributed by atoms with Crippen LogP contribution in [-0.4, -0.2) is 5.11 Å². The summed E-state index contributed by atoms with van der Waals surface area (Å²) in [4.78, 5) is 11.2. The minimum absolute atomic E-state index is 0.00250. The first-order chi connectivity index (χ1) is 6.59. The molecule has 14 heavy (non-hydrogen) atoms. The molecule has 1 aromatic carbocycles.